The van der Waals surface area contributed by atoms with Gasteiger partial charge in [0.05, 0.1) is 6.61 Å². The average molecular weight is 328 g/mol. The highest BCUT2D eigenvalue weighted by atomic mass is 79.9. The molecule has 2 rings (SSSR count). The molecule has 1 aromatic rings. The number of nitrogens with one attached hydrogen (secondary N) is 1. The first-order valence-corrected chi connectivity index (χ1v) is 7.03. The Bertz CT molecular complexity index is 470. The van der Waals surface area contributed by atoms with E-state index < -0.39 is 0 Å². The maximum atomic E-state index is 12.2. The van der Waals surface area contributed by atoms with E-state index in [9.17, 15) is 4.79 Å². The molecule has 1 aliphatic heterocycles. The number of benzene rings is 1. The molecule has 1 amide bonds. The highest BCUT2D eigenvalue weighted by Crippen LogP contribution is 2.22. The zero-order chi connectivity index (χ0) is 13.9. The summed E-state index contributed by atoms with van der Waals surface area (Å²) < 4.78 is 11.7. The molecular weight excluding hydrogens is 310 g/mol. The van der Waals surface area contributed by atoms with Crippen LogP contribution in [0.15, 0.2) is 22.7 Å². The van der Waals surface area contributed by atoms with E-state index in [-0.39, 0.29) is 11.5 Å². The summed E-state index contributed by atoms with van der Waals surface area (Å²) in [6.45, 7) is 3.60. The van der Waals surface area contributed by atoms with Crippen LogP contribution in [0.25, 0.3) is 0 Å². The molecule has 4 nitrogen and oxygen atoms in total. The number of ether oxygens (including phenoxy) is 2. The number of carbonyl (C=O) groups is 1. The Balaban J connectivity index is 2.03. The fraction of sp³-hybridized carbons (Fsp3) is 0.500. The highest BCUT2D eigenvalue weighted by molar-refractivity contribution is 9.10. The Labute approximate surface area is 121 Å². The second kappa shape index (κ2) is 6.03. The first-order chi connectivity index (χ1) is 9.06. The summed E-state index contributed by atoms with van der Waals surface area (Å²) in [4.78, 5) is 12.2. The molecule has 1 aliphatic rings. The molecule has 0 radical (unpaired) electrons. The summed E-state index contributed by atoms with van der Waals surface area (Å²) in [5, 5.41) is 2.94. The van der Waals surface area contributed by atoms with Crippen molar-refractivity contribution < 1.29 is 14.3 Å². The SMILES string of the molecule is COC1(CNC(=O)c2cc(Br)ccc2C)CCOC1. The molecule has 0 aliphatic carbocycles. The fourth-order valence-corrected chi connectivity index (χ4v) is 2.50. The summed E-state index contributed by atoms with van der Waals surface area (Å²) >= 11 is 3.38. The highest BCUT2D eigenvalue weighted by Gasteiger charge is 2.35. The van der Waals surface area contributed by atoms with Gasteiger partial charge in [-0.2, -0.15) is 0 Å². The van der Waals surface area contributed by atoms with E-state index in [2.05, 4.69) is 21.2 Å². The Morgan fingerprint density at radius 3 is 3.00 bits per heavy atom. The second-order valence-corrected chi connectivity index (χ2v) is 5.75. The van der Waals surface area contributed by atoms with Gasteiger partial charge in [0.15, 0.2) is 0 Å². The van der Waals surface area contributed by atoms with Gasteiger partial charge in [0.2, 0.25) is 0 Å². The largest absolute Gasteiger partial charge is 0.378 e. The summed E-state index contributed by atoms with van der Waals surface area (Å²) in [6.07, 6.45) is 0.807. The molecule has 1 atom stereocenters. The molecule has 0 saturated carbocycles. The van der Waals surface area contributed by atoms with Gasteiger partial charge in [-0.15, -0.1) is 0 Å². The third kappa shape index (κ3) is 3.35. The van der Waals surface area contributed by atoms with Crippen molar-refractivity contribution in [1.82, 2.24) is 5.32 Å². The van der Waals surface area contributed by atoms with Crippen LogP contribution in [0.5, 0.6) is 0 Å². The Kier molecular flexibility index (Phi) is 4.60. The molecule has 1 fully saturated rings. The smallest absolute Gasteiger partial charge is 0.251 e. The van der Waals surface area contributed by atoms with Crippen LogP contribution in [-0.4, -0.2) is 38.4 Å². The Hall–Kier alpha value is -0.910. The molecule has 19 heavy (non-hydrogen) atoms. The minimum absolute atomic E-state index is 0.0814. The number of amides is 1. The van der Waals surface area contributed by atoms with Crippen molar-refractivity contribution in [2.24, 2.45) is 0 Å². The van der Waals surface area contributed by atoms with E-state index >= 15 is 0 Å². The van der Waals surface area contributed by atoms with E-state index in [1.54, 1.807) is 7.11 Å². The zero-order valence-electron chi connectivity index (χ0n) is 11.2. The van der Waals surface area contributed by atoms with Gasteiger partial charge in [-0.3, -0.25) is 4.79 Å². The minimum atomic E-state index is -0.379. The Morgan fingerprint density at radius 1 is 1.58 bits per heavy atom. The van der Waals surface area contributed by atoms with E-state index in [1.807, 2.05) is 25.1 Å². The predicted octanol–water partition coefficient (Wildman–Crippen LogP) is 2.29. The van der Waals surface area contributed by atoms with E-state index in [4.69, 9.17) is 9.47 Å². The number of methoxy groups -OCH3 is 1. The lowest BCUT2D eigenvalue weighted by Gasteiger charge is -2.26. The third-order valence-electron chi connectivity index (χ3n) is 3.52. The van der Waals surface area contributed by atoms with Crippen LogP contribution in [-0.2, 0) is 9.47 Å². The zero-order valence-corrected chi connectivity index (χ0v) is 12.7. The van der Waals surface area contributed by atoms with Crippen molar-refractivity contribution >= 4 is 21.8 Å². The Morgan fingerprint density at radius 2 is 2.37 bits per heavy atom. The van der Waals surface area contributed by atoms with Gasteiger partial charge in [-0.25, -0.2) is 0 Å². The quantitative estimate of drug-likeness (QED) is 0.923. The summed E-state index contributed by atoms with van der Waals surface area (Å²) in [7, 11) is 1.66. The van der Waals surface area contributed by atoms with Crippen LogP contribution < -0.4 is 5.32 Å². The summed E-state index contributed by atoms with van der Waals surface area (Å²) in [5.74, 6) is -0.0814. The summed E-state index contributed by atoms with van der Waals surface area (Å²) in [6, 6.07) is 5.67. The van der Waals surface area contributed by atoms with Crippen molar-refractivity contribution in [3.8, 4) is 0 Å². The molecule has 1 heterocycles. The van der Waals surface area contributed by atoms with Gasteiger partial charge >= 0.3 is 0 Å². The van der Waals surface area contributed by atoms with Gasteiger partial charge in [-0.1, -0.05) is 22.0 Å². The van der Waals surface area contributed by atoms with E-state index in [1.165, 1.54) is 0 Å². The van der Waals surface area contributed by atoms with Gasteiger partial charge in [0.25, 0.3) is 5.91 Å². The van der Waals surface area contributed by atoms with Crippen LogP contribution in [0.4, 0.5) is 0 Å². The van der Waals surface area contributed by atoms with Crippen molar-refractivity contribution in [2.45, 2.75) is 18.9 Å². The van der Waals surface area contributed by atoms with Crippen molar-refractivity contribution in [3.05, 3.63) is 33.8 Å². The van der Waals surface area contributed by atoms with Crippen LogP contribution in [0, 0.1) is 6.92 Å². The molecule has 1 aromatic carbocycles. The van der Waals surface area contributed by atoms with Crippen LogP contribution >= 0.6 is 15.9 Å². The van der Waals surface area contributed by atoms with E-state index in [0.29, 0.717) is 25.3 Å². The first-order valence-electron chi connectivity index (χ1n) is 6.24. The second-order valence-electron chi connectivity index (χ2n) is 4.83. The van der Waals surface area contributed by atoms with Crippen LogP contribution in [0.3, 0.4) is 0 Å². The van der Waals surface area contributed by atoms with Gasteiger partial charge in [-0.05, 0) is 24.6 Å². The van der Waals surface area contributed by atoms with Gasteiger partial charge < -0.3 is 14.8 Å². The minimum Gasteiger partial charge on any atom is -0.378 e. The number of aryl methyl sites for hydroxylation is 1. The molecular formula is C14H18BrNO3. The molecule has 0 aromatic heterocycles. The van der Waals surface area contributed by atoms with E-state index in [0.717, 1.165) is 16.5 Å². The average Bonchev–Trinajstić information content (AvgIpc) is 2.88. The maximum Gasteiger partial charge on any atom is 0.251 e. The molecule has 0 spiro atoms. The van der Waals surface area contributed by atoms with Gasteiger partial charge in [0, 0.05) is 36.7 Å². The first kappa shape index (κ1) is 14.5. The number of rotatable bonds is 4. The van der Waals surface area contributed by atoms with Crippen molar-refractivity contribution in [2.75, 3.05) is 26.9 Å². The lowest BCUT2D eigenvalue weighted by atomic mass is 10.0. The number of hydrogen-bond donors (Lipinski definition) is 1. The maximum absolute atomic E-state index is 12.2. The lowest BCUT2D eigenvalue weighted by Crippen LogP contribution is -2.45. The topological polar surface area (TPSA) is 47.6 Å². The molecule has 0 bridgehead atoms. The number of carbonyl (C=O) groups excluding carboxylic acids is 1. The molecule has 1 N–H and O–H groups in total. The number of hydrogen-bond acceptors (Lipinski definition) is 3. The third-order valence-corrected chi connectivity index (χ3v) is 4.01. The monoisotopic (exact) mass is 327 g/mol. The van der Waals surface area contributed by atoms with Crippen LogP contribution in [0.1, 0.15) is 22.3 Å². The van der Waals surface area contributed by atoms with Crippen molar-refractivity contribution in [3.63, 3.8) is 0 Å². The summed E-state index contributed by atoms with van der Waals surface area (Å²) in [5.41, 5.74) is 1.25. The predicted molar refractivity (Wildman–Crippen MR) is 76.4 cm³/mol. The van der Waals surface area contributed by atoms with Crippen LogP contribution in [0.2, 0.25) is 0 Å². The van der Waals surface area contributed by atoms with Crippen molar-refractivity contribution in [1.29, 1.82) is 0 Å². The lowest BCUT2D eigenvalue weighted by molar-refractivity contribution is -0.0148. The molecule has 5 heteroatoms. The fourth-order valence-electron chi connectivity index (χ4n) is 2.14. The number of halogens is 1. The molecule has 104 valence electrons. The molecule has 1 saturated heterocycles. The molecule has 1 unspecified atom stereocenters. The normalized spacial score (nSPS) is 22.5. The standard InChI is InChI=1S/C14H18BrNO3/c1-10-3-4-11(15)7-12(10)13(17)16-8-14(18-2)5-6-19-9-14/h3-4,7H,5-6,8-9H2,1-2H3,(H,16,17). The van der Waals surface area contributed by atoms with Gasteiger partial charge in [0.1, 0.15) is 5.60 Å².